The standard InChI is InChI=1S/C18H16ClF2N7/c19-12-7-24-16(25-8-12)10-28-14-5-11(6-22)1-2-13(14)26-17(28)27-4-3-18(20,21)15(23)9-27/h1-2,5,7-8,15H,3-4,9-10,23H2. The largest absolute Gasteiger partial charge is 0.340 e. The van der Waals surface area contributed by atoms with Gasteiger partial charge in [0.05, 0.1) is 40.3 Å². The van der Waals surface area contributed by atoms with Crippen molar-refractivity contribution in [2.24, 2.45) is 5.73 Å². The van der Waals surface area contributed by atoms with Crippen molar-refractivity contribution >= 4 is 28.6 Å². The summed E-state index contributed by atoms with van der Waals surface area (Å²) in [5, 5.41) is 9.64. The molecule has 1 unspecified atom stereocenters. The fraction of sp³-hybridized carbons (Fsp3) is 0.333. The van der Waals surface area contributed by atoms with Crippen LogP contribution in [0.25, 0.3) is 11.0 Å². The lowest BCUT2D eigenvalue weighted by Gasteiger charge is -2.37. The molecular weight excluding hydrogens is 388 g/mol. The van der Waals surface area contributed by atoms with Crippen LogP contribution < -0.4 is 10.6 Å². The number of rotatable bonds is 3. The average molecular weight is 404 g/mol. The first-order valence-corrected chi connectivity index (χ1v) is 9.00. The zero-order valence-electron chi connectivity index (χ0n) is 14.7. The molecule has 1 aromatic carbocycles. The van der Waals surface area contributed by atoms with E-state index in [2.05, 4.69) is 21.0 Å². The van der Waals surface area contributed by atoms with Crippen LogP contribution in [0.4, 0.5) is 14.7 Å². The lowest BCUT2D eigenvalue weighted by Crippen LogP contribution is -2.55. The van der Waals surface area contributed by atoms with Crippen molar-refractivity contribution in [3.63, 3.8) is 0 Å². The Morgan fingerprint density at radius 2 is 2.07 bits per heavy atom. The molecule has 1 atom stereocenters. The molecule has 7 nitrogen and oxygen atoms in total. The molecule has 28 heavy (non-hydrogen) atoms. The van der Waals surface area contributed by atoms with Crippen LogP contribution in [0.5, 0.6) is 0 Å². The van der Waals surface area contributed by atoms with Crippen LogP contribution in [-0.2, 0) is 6.54 Å². The molecule has 10 heteroatoms. The molecule has 0 aliphatic carbocycles. The second-order valence-electron chi connectivity index (χ2n) is 6.69. The van der Waals surface area contributed by atoms with Gasteiger partial charge in [-0.05, 0) is 18.2 Å². The Balaban J connectivity index is 1.79. The number of piperidine rings is 1. The first-order valence-electron chi connectivity index (χ1n) is 8.62. The van der Waals surface area contributed by atoms with Gasteiger partial charge in [0.1, 0.15) is 5.82 Å². The van der Waals surface area contributed by atoms with Gasteiger partial charge in [-0.1, -0.05) is 11.6 Å². The van der Waals surface area contributed by atoms with Crippen molar-refractivity contribution in [2.75, 3.05) is 18.0 Å². The summed E-state index contributed by atoms with van der Waals surface area (Å²) in [6.07, 6.45) is 2.62. The molecular formula is C18H16ClF2N7. The van der Waals surface area contributed by atoms with E-state index in [4.69, 9.17) is 17.3 Å². The highest BCUT2D eigenvalue weighted by atomic mass is 35.5. The van der Waals surface area contributed by atoms with E-state index >= 15 is 0 Å². The van der Waals surface area contributed by atoms with Crippen molar-refractivity contribution < 1.29 is 8.78 Å². The molecule has 144 valence electrons. The third kappa shape index (κ3) is 3.37. The highest BCUT2D eigenvalue weighted by Gasteiger charge is 2.42. The van der Waals surface area contributed by atoms with E-state index in [9.17, 15) is 14.0 Å². The molecule has 0 spiro atoms. The number of nitrogens with zero attached hydrogens (tertiary/aromatic N) is 6. The zero-order chi connectivity index (χ0) is 19.9. The summed E-state index contributed by atoms with van der Waals surface area (Å²) in [4.78, 5) is 14.8. The number of hydrogen-bond donors (Lipinski definition) is 1. The fourth-order valence-electron chi connectivity index (χ4n) is 3.25. The molecule has 1 aliphatic rings. The highest BCUT2D eigenvalue weighted by molar-refractivity contribution is 6.30. The third-order valence-corrected chi connectivity index (χ3v) is 4.98. The van der Waals surface area contributed by atoms with Crippen LogP contribution in [0.2, 0.25) is 5.02 Å². The summed E-state index contributed by atoms with van der Waals surface area (Å²) in [6, 6.07) is 5.92. The Bertz CT molecular complexity index is 1060. The number of imidazole rings is 1. The topological polar surface area (TPSA) is 96.7 Å². The predicted octanol–water partition coefficient (Wildman–Crippen LogP) is 2.57. The molecule has 0 amide bonds. The van der Waals surface area contributed by atoms with Crippen molar-refractivity contribution in [3.05, 3.63) is 47.0 Å². The van der Waals surface area contributed by atoms with Crippen molar-refractivity contribution in [2.45, 2.75) is 24.9 Å². The number of aromatic nitrogens is 4. The molecule has 1 aliphatic heterocycles. The normalized spacial score (nSPS) is 19.0. The maximum absolute atomic E-state index is 13.8. The predicted molar refractivity (Wildman–Crippen MR) is 100 cm³/mol. The van der Waals surface area contributed by atoms with E-state index in [0.717, 1.165) is 0 Å². The Hall–Kier alpha value is -2.83. The van der Waals surface area contributed by atoms with E-state index in [1.807, 2.05) is 4.57 Å². The van der Waals surface area contributed by atoms with Gasteiger partial charge < -0.3 is 15.2 Å². The molecule has 1 fully saturated rings. The SMILES string of the molecule is N#Cc1ccc2nc(N3CCC(F)(F)C(N)C3)n(Cc3ncc(Cl)cn3)c2c1. The first kappa shape index (κ1) is 18.5. The average Bonchev–Trinajstić information content (AvgIpc) is 3.03. The monoisotopic (exact) mass is 403 g/mol. The summed E-state index contributed by atoms with van der Waals surface area (Å²) in [5.41, 5.74) is 7.50. The van der Waals surface area contributed by atoms with Gasteiger partial charge in [-0.3, -0.25) is 0 Å². The summed E-state index contributed by atoms with van der Waals surface area (Å²) in [7, 11) is 0. The van der Waals surface area contributed by atoms with Gasteiger partial charge in [-0.25, -0.2) is 23.7 Å². The number of nitrogens with two attached hydrogens (primary N) is 1. The van der Waals surface area contributed by atoms with Gasteiger partial charge in [-0.2, -0.15) is 5.26 Å². The number of benzene rings is 1. The fourth-order valence-corrected chi connectivity index (χ4v) is 3.35. The van der Waals surface area contributed by atoms with Crippen LogP contribution in [0, 0.1) is 11.3 Å². The molecule has 0 bridgehead atoms. The van der Waals surface area contributed by atoms with E-state index in [-0.39, 0.29) is 26.1 Å². The number of hydrogen-bond acceptors (Lipinski definition) is 6. The van der Waals surface area contributed by atoms with Crippen molar-refractivity contribution in [1.82, 2.24) is 19.5 Å². The second kappa shape index (κ2) is 6.96. The zero-order valence-corrected chi connectivity index (χ0v) is 15.4. The minimum Gasteiger partial charge on any atom is -0.340 e. The summed E-state index contributed by atoms with van der Waals surface area (Å²) in [6.45, 7) is 0.347. The molecule has 1 saturated heterocycles. The van der Waals surface area contributed by atoms with E-state index in [1.165, 1.54) is 12.4 Å². The smallest absolute Gasteiger partial charge is 0.266 e. The summed E-state index contributed by atoms with van der Waals surface area (Å²) in [5.74, 6) is -1.92. The van der Waals surface area contributed by atoms with Gasteiger partial charge >= 0.3 is 0 Å². The molecule has 4 rings (SSSR count). The molecule has 2 N–H and O–H groups in total. The molecule has 3 aromatic rings. The van der Waals surface area contributed by atoms with E-state index in [0.29, 0.717) is 33.4 Å². The minimum absolute atomic E-state index is 0.0249. The van der Waals surface area contributed by atoms with Gasteiger partial charge in [-0.15, -0.1) is 0 Å². The molecule has 3 heterocycles. The van der Waals surface area contributed by atoms with E-state index < -0.39 is 12.0 Å². The summed E-state index contributed by atoms with van der Waals surface area (Å²) < 4.78 is 29.5. The second-order valence-corrected chi connectivity index (χ2v) is 7.13. The van der Waals surface area contributed by atoms with Crippen LogP contribution >= 0.6 is 11.6 Å². The van der Waals surface area contributed by atoms with Gasteiger partial charge in [0.2, 0.25) is 5.95 Å². The number of halogens is 3. The first-order chi connectivity index (χ1) is 13.4. The Morgan fingerprint density at radius 3 is 2.75 bits per heavy atom. The van der Waals surface area contributed by atoms with Crippen LogP contribution in [0.3, 0.4) is 0 Å². The maximum atomic E-state index is 13.8. The molecule has 2 aromatic heterocycles. The third-order valence-electron chi connectivity index (χ3n) is 4.79. The Morgan fingerprint density at radius 1 is 1.32 bits per heavy atom. The molecule has 0 radical (unpaired) electrons. The number of anilines is 1. The van der Waals surface area contributed by atoms with Crippen molar-refractivity contribution in [3.8, 4) is 6.07 Å². The maximum Gasteiger partial charge on any atom is 0.266 e. The Kier molecular flexibility index (Phi) is 4.61. The van der Waals surface area contributed by atoms with E-state index in [1.54, 1.807) is 23.1 Å². The number of fused-ring (bicyclic) bond motifs is 1. The van der Waals surface area contributed by atoms with Crippen LogP contribution in [-0.4, -0.2) is 44.6 Å². The number of nitriles is 1. The number of alkyl halides is 2. The van der Waals surface area contributed by atoms with Crippen LogP contribution in [0.1, 0.15) is 17.8 Å². The highest BCUT2D eigenvalue weighted by Crippen LogP contribution is 2.32. The lowest BCUT2D eigenvalue weighted by atomic mass is 10.0. The lowest BCUT2D eigenvalue weighted by molar-refractivity contribution is -0.0395. The molecule has 0 saturated carbocycles. The summed E-state index contributed by atoms with van der Waals surface area (Å²) >= 11 is 5.85. The quantitative estimate of drug-likeness (QED) is 0.722. The van der Waals surface area contributed by atoms with Gasteiger partial charge in [0.15, 0.2) is 0 Å². The minimum atomic E-state index is -2.90. The van der Waals surface area contributed by atoms with Crippen molar-refractivity contribution in [1.29, 1.82) is 5.26 Å². The van der Waals surface area contributed by atoms with Gasteiger partial charge in [0, 0.05) is 31.9 Å². The Labute approximate surface area is 164 Å². The van der Waals surface area contributed by atoms with Gasteiger partial charge in [0.25, 0.3) is 5.92 Å². The van der Waals surface area contributed by atoms with Crippen LogP contribution in [0.15, 0.2) is 30.6 Å².